The summed E-state index contributed by atoms with van der Waals surface area (Å²) in [6, 6.07) is 9.86. The van der Waals surface area contributed by atoms with Gasteiger partial charge in [0.2, 0.25) is 7.85 Å². The zero-order valence-corrected chi connectivity index (χ0v) is 17.5. The third-order valence-electron chi connectivity index (χ3n) is 5.99. The van der Waals surface area contributed by atoms with Crippen LogP contribution < -0.4 is 0 Å². The molecule has 1 aliphatic heterocycles. The fourth-order valence-corrected chi connectivity index (χ4v) is 4.75. The van der Waals surface area contributed by atoms with E-state index in [1.54, 1.807) is 4.90 Å². The zero-order valence-electron chi connectivity index (χ0n) is 17.5. The van der Waals surface area contributed by atoms with Gasteiger partial charge in [-0.25, -0.2) is 0 Å². The minimum absolute atomic E-state index is 0.117. The van der Waals surface area contributed by atoms with Gasteiger partial charge in [-0.1, -0.05) is 42.5 Å². The Bertz CT molecular complexity index is 749. The van der Waals surface area contributed by atoms with Crippen LogP contribution in [0.5, 0.6) is 0 Å². The van der Waals surface area contributed by atoms with E-state index in [9.17, 15) is 9.59 Å². The van der Waals surface area contributed by atoms with Crippen molar-refractivity contribution in [2.75, 3.05) is 6.61 Å². The number of rotatable bonds is 6. The van der Waals surface area contributed by atoms with Crippen molar-refractivity contribution < 1.29 is 19.1 Å². The van der Waals surface area contributed by atoms with Crippen molar-refractivity contribution in [3.8, 4) is 0 Å². The molecule has 4 unspecified atom stereocenters. The first-order valence-corrected chi connectivity index (χ1v) is 10.5. The third kappa shape index (κ3) is 4.92. The first-order valence-electron chi connectivity index (χ1n) is 10.5. The molecule has 6 heteroatoms. The summed E-state index contributed by atoms with van der Waals surface area (Å²) in [6.45, 7) is 5.96. The van der Waals surface area contributed by atoms with Gasteiger partial charge in [0.1, 0.15) is 5.72 Å². The van der Waals surface area contributed by atoms with E-state index in [0.717, 1.165) is 12.0 Å². The van der Waals surface area contributed by atoms with E-state index < -0.39 is 11.5 Å². The summed E-state index contributed by atoms with van der Waals surface area (Å²) in [7, 11) is 5.75. The van der Waals surface area contributed by atoms with Crippen LogP contribution in [0.3, 0.4) is 0 Å². The molecule has 0 bridgehead atoms. The lowest BCUT2D eigenvalue weighted by atomic mass is 9.78. The van der Waals surface area contributed by atoms with Crippen molar-refractivity contribution in [1.82, 2.24) is 4.90 Å². The molecule has 1 saturated heterocycles. The number of hydrogen-bond donors (Lipinski definition) is 0. The average Bonchev–Trinajstić information content (AvgIpc) is 2.92. The second-order valence-electron chi connectivity index (χ2n) is 8.37. The Morgan fingerprint density at radius 3 is 2.55 bits per heavy atom. The molecule has 1 aromatic rings. The summed E-state index contributed by atoms with van der Waals surface area (Å²) in [5.41, 5.74) is 0.334. The average molecular weight is 395 g/mol. The Balaban J connectivity index is 1.83. The Labute approximate surface area is 174 Å². The smallest absolute Gasteiger partial charge is 0.309 e. The number of allylic oxidation sites excluding steroid dienone is 2. The highest BCUT2D eigenvalue weighted by Gasteiger charge is 2.49. The molecule has 1 aromatic carbocycles. The van der Waals surface area contributed by atoms with Crippen LogP contribution in [0, 0.1) is 11.8 Å². The third-order valence-corrected chi connectivity index (χ3v) is 5.99. The highest BCUT2D eigenvalue weighted by molar-refractivity contribution is 6.57. The maximum Gasteiger partial charge on any atom is 0.309 e. The predicted molar refractivity (Wildman–Crippen MR) is 112 cm³/mol. The predicted octanol–water partition coefficient (Wildman–Crippen LogP) is 3.86. The lowest BCUT2D eigenvalue weighted by Crippen LogP contribution is -2.49. The van der Waals surface area contributed by atoms with Gasteiger partial charge in [0.25, 0.3) is 0 Å². The van der Waals surface area contributed by atoms with E-state index in [1.807, 2.05) is 51.1 Å². The number of benzene rings is 1. The second-order valence-corrected chi connectivity index (χ2v) is 8.37. The molecule has 154 valence electrons. The van der Waals surface area contributed by atoms with Crippen molar-refractivity contribution in [1.29, 1.82) is 0 Å². The van der Waals surface area contributed by atoms with E-state index in [4.69, 9.17) is 17.3 Å². The van der Waals surface area contributed by atoms with Gasteiger partial charge >= 0.3 is 5.97 Å². The topological polar surface area (TPSA) is 55.8 Å². The molecular formula is C23H30BNO4. The Morgan fingerprint density at radius 2 is 1.90 bits per heavy atom. The van der Waals surface area contributed by atoms with Crippen molar-refractivity contribution >= 4 is 19.6 Å². The molecule has 1 fully saturated rings. The molecule has 5 nitrogen and oxygen atoms in total. The van der Waals surface area contributed by atoms with E-state index in [2.05, 4.69) is 12.2 Å². The van der Waals surface area contributed by atoms with Crippen molar-refractivity contribution in [2.45, 2.75) is 64.3 Å². The normalized spacial score (nSPS) is 28.3. The quantitative estimate of drug-likeness (QED) is 0.417. The summed E-state index contributed by atoms with van der Waals surface area (Å²) < 4.78 is 11.6. The lowest BCUT2D eigenvalue weighted by Gasteiger charge is -2.34. The van der Waals surface area contributed by atoms with Crippen molar-refractivity contribution in [3.63, 3.8) is 0 Å². The minimum atomic E-state index is -0.792. The van der Waals surface area contributed by atoms with Gasteiger partial charge in [-0.2, -0.15) is 0 Å². The maximum absolute atomic E-state index is 12.5. The fourth-order valence-electron chi connectivity index (χ4n) is 4.75. The molecule has 3 rings (SSSR count). The highest BCUT2D eigenvalue weighted by atomic mass is 16.5. The standard InChI is InChI=1S/C23H30BNO4/c1-4-28-21(26)18-13-9-8-12-17(18)15-20-19(14-16-10-6-5-7-11-16)25(22(24)27)23(2,3)29-20/h5-11,17-20H,4,12-15H2,1-3H3. The molecule has 4 atom stereocenters. The number of carbonyl (C=O) groups is 2. The van der Waals surface area contributed by atoms with Gasteiger partial charge in [0.15, 0.2) is 5.81 Å². The van der Waals surface area contributed by atoms with Gasteiger partial charge < -0.3 is 14.4 Å². The number of carbonyl (C=O) groups excluding carboxylic acids is 2. The summed E-state index contributed by atoms with van der Waals surface area (Å²) >= 11 is 0. The highest BCUT2D eigenvalue weighted by Crippen LogP contribution is 2.40. The van der Waals surface area contributed by atoms with Gasteiger partial charge in [-0.05, 0) is 57.9 Å². The molecular weight excluding hydrogens is 365 g/mol. The maximum atomic E-state index is 12.5. The van der Waals surface area contributed by atoms with Gasteiger partial charge in [-0.15, -0.1) is 0 Å². The number of amides is 1. The fraction of sp³-hybridized carbons (Fsp3) is 0.565. The largest absolute Gasteiger partial charge is 0.466 e. The minimum Gasteiger partial charge on any atom is -0.466 e. The van der Waals surface area contributed by atoms with Crippen molar-refractivity contribution in [3.05, 3.63) is 48.0 Å². The monoisotopic (exact) mass is 395 g/mol. The van der Waals surface area contributed by atoms with E-state index in [-0.39, 0.29) is 30.0 Å². The van der Waals surface area contributed by atoms with Crippen LogP contribution in [0.1, 0.15) is 45.6 Å². The SMILES string of the molecule is [B]C(=O)N1C(Cc2ccccc2)C(CC2CC=CCC2C(=O)OCC)OC1(C)C. The van der Waals surface area contributed by atoms with Crippen molar-refractivity contribution in [2.24, 2.45) is 11.8 Å². The molecule has 1 heterocycles. The van der Waals surface area contributed by atoms with Crippen LogP contribution in [0.25, 0.3) is 0 Å². The Hall–Kier alpha value is -2.08. The molecule has 2 radical (unpaired) electrons. The summed E-state index contributed by atoms with van der Waals surface area (Å²) in [5, 5.41) is 0. The lowest BCUT2D eigenvalue weighted by molar-refractivity contribution is -0.150. The van der Waals surface area contributed by atoms with E-state index >= 15 is 0 Å². The molecule has 1 aliphatic carbocycles. The molecule has 29 heavy (non-hydrogen) atoms. The number of nitrogens with zero attached hydrogens (tertiary/aromatic N) is 1. The number of hydrogen-bond acceptors (Lipinski definition) is 4. The van der Waals surface area contributed by atoms with E-state index in [1.165, 1.54) is 0 Å². The molecule has 0 spiro atoms. The van der Waals surface area contributed by atoms with Gasteiger partial charge in [0, 0.05) is 0 Å². The summed E-state index contributed by atoms with van der Waals surface area (Å²) in [4.78, 5) is 26.4. The summed E-state index contributed by atoms with van der Waals surface area (Å²) in [6.07, 6.45) is 6.79. The molecule has 1 amide bonds. The Kier molecular flexibility index (Phi) is 6.83. The van der Waals surface area contributed by atoms with Crippen LogP contribution >= 0.6 is 0 Å². The number of ether oxygens (including phenoxy) is 2. The van der Waals surface area contributed by atoms with Crippen LogP contribution in [0.15, 0.2) is 42.5 Å². The van der Waals surface area contributed by atoms with E-state index in [0.29, 0.717) is 25.9 Å². The molecule has 0 N–H and O–H groups in total. The second kappa shape index (κ2) is 9.16. The van der Waals surface area contributed by atoms with Crippen LogP contribution in [0.2, 0.25) is 0 Å². The first-order chi connectivity index (χ1) is 13.8. The summed E-state index contributed by atoms with van der Waals surface area (Å²) in [5.74, 6) is -0.688. The van der Waals surface area contributed by atoms with Gasteiger partial charge in [0.05, 0.1) is 24.7 Å². The van der Waals surface area contributed by atoms with Crippen LogP contribution in [0.4, 0.5) is 4.79 Å². The molecule has 0 aromatic heterocycles. The van der Waals surface area contributed by atoms with Gasteiger partial charge in [-0.3, -0.25) is 9.59 Å². The van der Waals surface area contributed by atoms with Crippen LogP contribution in [-0.4, -0.2) is 49.0 Å². The Morgan fingerprint density at radius 1 is 1.21 bits per heavy atom. The first kappa shape index (κ1) is 21.6. The number of esters is 1. The zero-order chi connectivity index (χ0) is 21.0. The molecule has 0 saturated carbocycles. The van der Waals surface area contributed by atoms with Crippen LogP contribution in [-0.2, 0) is 20.7 Å². The molecule has 2 aliphatic rings.